The SMILES string of the molecule is CC/C=C\C/C=C\C/C=C\CCCCCCCC(=O)OC(COC(=O)CCCCCCCCCCCCC)COP(=O)(O)OCC(CO)OC(=O)CCCCCCC/C=C\CCCCCC. The number of aliphatic hydroxyl groups is 1. The summed E-state index contributed by atoms with van der Waals surface area (Å²) in [6.45, 7) is 4.48. The van der Waals surface area contributed by atoms with E-state index in [0.717, 1.165) is 109 Å². The van der Waals surface area contributed by atoms with Crippen molar-refractivity contribution >= 4 is 25.7 Å². The summed E-state index contributed by atoms with van der Waals surface area (Å²) in [5.41, 5.74) is 0. The number of unbranched alkanes of at least 4 members (excludes halogenated alkanes) is 24. The second-order valence-electron chi connectivity index (χ2n) is 17.7. The van der Waals surface area contributed by atoms with Gasteiger partial charge in [0, 0.05) is 19.3 Å². The molecule has 3 atom stereocenters. The molecule has 0 aliphatic carbocycles. The van der Waals surface area contributed by atoms with Gasteiger partial charge in [0.1, 0.15) is 12.7 Å². The lowest BCUT2D eigenvalue weighted by Gasteiger charge is -2.21. The maximum absolute atomic E-state index is 12.8. The van der Waals surface area contributed by atoms with E-state index < -0.39 is 57.8 Å². The van der Waals surface area contributed by atoms with Crippen molar-refractivity contribution in [2.24, 2.45) is 0 Å². The average molecular weight is 953 g/mol. The standard InChI is InChI=1S/C54H97O11P/c1-4-7-10-13-16-19-22-24-25-27-30-33-36-39-42-45-54(58)65-51(47-61-52(56)43-40-37-34-31-28-21-18-15-12-9-6-3)49-63-66(59,60)62-48-50(46-55)64-53(57)44-41-38-35-32-29-26-23-20-17-14-11-8-5-2/h7,10,16,19-20,23-25,50-51,55H,4-6,8-9,11-15,17-18,21-22,26-49H2,1-3H3,(H,59,60)/b10-7-,19-16-,23-20-,25-24-. The zero-order valence-electron chi connectivity index (χ0n) is 42.2. The van der Waals surface area contributed by atoms with E-state index >= 15 is 0 Å². The van der Waals surface area contributed by atoms with Gasteiger partial charge in [-0.1, -0.05) is 191 Å². The van der Waals surface area contributed by atoms with Crippen molar-refractivity contribution in [1.82, 2.24) is 0 Å². The average Bonchev–Trinajstić information content (AvgIpc) is 3.30. The number of esters is 3. The smallest absolute Gasteiger partial charge is 0.462 e. The third kappa shape index (κ3) is 46.5. The fourth-order valence-electron chi connectivity index (χ4n) is 7.19. The molecule has 3 unspecified atom stereocenters. The van der Waals surface area contributed by atoms with Crippen LogP contribution in [0.3, 0.4) is 0 Å². The van der Waals surface area contributed by atoms with Crippen LogP contribution in [0.1, 0.15) is 239 Å². The van der Waals surface area contributed by atoms with Gasteiger partial charge < -0.3 is 24.2 Å². The Bertz CT molecular complexity index is 1300. The lowest BCUT2D eigenvalue weighted by molar-refractivity contribution is -0.161. The summed E-state index contributed by atoms with van der Waals surface area (Å²) < 4.78 is 39.3. The summed E-state index contributed by atoms with van der Waals surface area (Å²) in [6.07, 6.45) is 49.3. The molecule has 12 heteroatoms. The van der Waals surface area contributed by atoms with Gasteiger partial charge in [0.15, 0.2) is 6.10 Å². The van der Waals surface area contributed by atoms with Crippen LogP contribution in [0.5, 0.6) is 0 Å². The fraction of sp³-hybridized carbons (Fsp3) is 0.796. The van der Waals surface area contributed by atoms with Crippen LogP contribution in [-0.2, 0) is 42.2 Å². The second-order valence-corrected chi connectivity index (χ2v) is 19.1. The maximum Gasteiger partial charge on any atom is 0.472 e. The molecule has 0 aromatic carbocycles. The molecule has 0 aliphatic heterocycles. The van der Waals surface area contributed by atoms with Crippen LogP contribution in [0, 0.1) is 0 Å². The molecule has 0 saturated carbocycles. The van der Waals surface area contributed by atoms with Crippen molar-refractivity contribution < 1.29 is 52.2 Å². The highest BCUT2D eigenvalue weighted by molar-refractivity contribution is 7.47. The van der Waals surface area contributed by atoms with E-state index in [2.05, 4.69) is 69.4 Å². The van der Waals surface area contributed by atoms with Crippen LogP contribution in [0.2, 0.25) is 0 Å². The summed E-state index contributed by atoms with van der Waals surface area (Å²) in [7, 11) is -4.74. The van der Waals surface area contributed by atoms with Gasteiger partial charge in [-0.2, -0.15) is 0 Å². The lowest BCUT2D eigenvalue weighted by atomic mass is 10.1. The first-order valence-electron chi connectivity index (χ1n) is 26.5. The molecule has 384 valence electrons. The molecule has 0 heterocycles. The van der Waals surface area contributed by atoms with E-state index in [1.165, 1.54) is 70.6 Å². The summed E-state index contributed by atoms with van der Waals surface area (Å²) in [6, 6.07) is 0. The Kier molecular flexibility index (Phi) is 47.0. The molecule has 11 nitrogen and oxygen atoms in total. The van der Waals surface area contributed by atoms with Crippen molar-refractivity contribution in [3.63, 3.8) is 0 Å². The molecule has 2 N–H and O–H groups in total. The molecular weight excluding hydrogens is 856 g/mol. The number of hydrogen-bond acceptors (Lipinski definition) is 10. The van der Waals surface area contributed by atoms with Gasteiger partial charge in [0.05, 0.1) is 19.8 Å². The number of aliphatic hydroxyl groups excluding tert-OH is 1. The van der Waals surface area contributed by atoms with Gasteiger partial charge in [0.25, 0.3) is 0 Å². The molecule has 0 aromatic heterocycles. The molecule has 0 aromatic rings. The van der Waals surface area contributed by atoms with E-state index in [1.54, 1.807) is 0 Å². The highest BCUT2D eigenvalue weighted by Gasteiger charge is 2.28. The molecular formula is C54H97O11P. The predicted octanol–water partition coefficient (Wildman–Crippen LogP) is 15.0. The van der Waals surface area contributed by atoms with Gasteiger partial charge in [-0.3, -0.25) is 23.4 Å². The lowest BCUT2D eigenvalue weighted by Crippen LogP contribution is -2.30. The number of allylic oxidation sites excluding steroid dienone is 8. The normalized spacial score (nSPS) is 13.8. The Hall–Kier alpha value is -2.56. The maximum atomic E-state index is 12.8. The van der Waals surface area contributed by atoms with Crippen molar-refractivity contribution in [1.29, 1.82) is 0 Å². The summed E-state index contributed by atoms with van der Waals surface area (Å²) >= 11 is 0. The third-order valence-corrected chi connectivity index (χ3v) is 12.2. The van der Waals surface area contributed by atoms with Crippen molar-refractivity contribution in [2.75, 3.05) is 26.4 Å². The van der Waals surface area contributed by atoms with E-state index in [9.17, 15) is 28.9 Å². The number of hydrogen-bond donors (Lipinski definition) is 2. The van der Waals surface area contributed by atoms with Gasteiger partial charge in [0.2, 0.25) is 0 Å². The Morgan fingerprint density at radius 1 is 0.439 bits per heavy atom. The van der Waals surface area contributed by atoms with Gasteiger partial charge in [-0.25, -0.2) is 4.57 Å². The molecule has 0 radical (unpaired) electrons. The van der Waals surface area contributed by atoms with Gasteiger partial charge >= 0.3 is 25.7 Å². The monoisotopic (exact) mass is 953 g/mol. The summed E-state index contributed by atoms with van der Waals surface area (Å²) in [5.74, 6) is -1.49. The van der Waals surface area contributed by atoms with E-state index in [1.807, 2.05) is 0 Å². The number of carbonyl (C=O) groups excluding carboxylic acids is 3. The summed E-state index contributed by atoms with van der Waals surface area (Å²) in [4.78, 5) is 48.3. The van der Waals surface area contributed by atoms with Crippen LogP contribution >= 0.6 is 7.82 Å². The number of phosphoric acid groups is 1. The number of rotatable bonds is 49. The van der Waals surface area contributed by atoms with Gasteiger partial charge in [-0.05, 0) is 77.0 Å². The largest absolute Gasteiger partial charge is 0.472 e. The van der Waals surface area contributed by atoms with Crippen LogP contribution in [0.4, 0.5) is 0 Å². The molecule has 0 bridgehead atoms. The molecule has 0 amide bonds. The Morgan fingerprint density at radius 2 is 0.788 bits per heavy atom. The first-order valence-corrected chi connectivity index (χ1v) is 28.0. The van der Waals surface area contributed by atoms with Gasteiger partial charge in [-0.15, -0.1) is 0 Å². The fourth-order valence-corrected chi connectivity index (χ4v) is 7.97. The highest BCUT2D eigenvalue weighted by atomic mass is 31.2. The quantitative estimate of drug-likeness (QED) is 0.0197. The van der Waals surface area contributed by atoms with E-state index in [-0.39, 0.29) is 25.9 Å². The number of ether oxygens (including phenoxy) is 3. The first-order chi connectivity index (χ1) is 32.2. The minimum atomic E-state index is -4.74. The Balaban J connectivity index is 4.74. The molecule has 0 rings (SSSR count). The minimum absolute atomic E-state index is 0.149. The third-order valence-electron chi connectivity index (χ3n) is 11.2. The number of phosphoric ester groups is 1. The van der Waals surface area contributed by atoms with Crippen molar-refractivity contribution in [3.05, 3.63) is 48.6 Å². The zero-order valence-corrected chi connectivity index (χ0v) is 43.1. The zero-order chi connectivity index (χ0) is 48.4. The predicted molar refractivity (Wildman–Crippen MR) is 270 cm³/mol. The molecule has 0 aliphatic rings. The van der Waals surface area contributed by atoms with E-state index in [4.69, 9.17) is 23.3 Å². The Labute approximate surface area is 403 Å². The molecule has 0 spiro atoms. The van der Waals surface area contributed by atoms with Crippen molar-refractivity contribution in [3.8, 4) is 0 Å². The van der Waals surface area contributed by atoms with Crippen LogP contribution in [0.15, 0.2) is 48.6 Å². The highest BCUT2D eigenvalue weighted by Crippen LogP contribution is 2.43. The van der Waals surface area contributed by atoms with Crippen molar-refractivity contribution in [2.45, 2.75) is 251 Å². The first kappa shape index (κ1) is 63.4. The van der Waals surface area contributed by atoms with Crippen LogP contribution in [-0.4, -0.2) is 66.5 Å². The molecule has 0 saturated heterocycles. The van der Waals surface area contributed by atoms with Crippen LogP contribution < -0.4 is 0 Å². The topological polar surface area (TPSA) is 155 Å². The van der Waals surface area contributed by atoms with E-state index in [0.29, 0.717) is 19.3 Å². The minimum Gasteiger partial charge on any atom is -0.462 e. The molecule has 0 fully saturated rings. The van der Waals surface area contributed by atoms with Crippen LogP contribution in [0.25, 0.3) is 0 Å². The number of carbonyl (C=O) groups is 3. The second kappa shape index (κ2) is 48.9. The Morgan fingerprint density at radius 3 is 1.24 bits per heavy atom. The molecule has 66 heavy (non-hydrogen) atoms. The summed E-state index contributed by atoms with van der Waals surface area (Å²) in [5, 5.41) is 9.77.